The Morgan fingerprint density at radius 3 is 2.50 bits per heavy atom. The largest absolute Gasteiger partial charge is 0.396 e. The third-order valence-electron chi connectivity index (χ3n) is 3.43. The Labute approximate surface area is 111 Å². The van der Waals surface area contributed by atoms with Gasteiger partial charge in [0.05, 0.1) is 0 Å². The van der Waals surface area contributed by atoms with E-state index < -0.39 is 0 Å². The first-order valence-electron chi connectivity index (χ1n) is 6.92. The van der Waals surface area contributed by atoms with Crippen LogP contribution in [0.4, 0.5) is 0 Å². The van der Waals surface area contributed by atoms with Crippen LogP contribution in [-0.4, -0.2) is 24.3 Å². The van der Waals surface area contributed by atoms with Crippen molar-refractivity contribution in [1.82, 2.24) is 5.32 Å². The zero-order chi connectivity index (χ0) is 13.4. The van der Waals surface area contributed by atoms with Gasteiger partial charge in [0.15, 0.2) is 0 Å². The molecule has 2 nitrogen and oxygen atoms in total. The molecule has 2 heteroatoms. The Morgan fingerprint density at radius 1 is 1.22 bits per heavy atom. The monoisotopic (exact) mass is 249 g/mol. The Morgan fingerprint density at radius 2 is 1.89 bits per heavy atom. The molecule has 1 rings (SSSR count). The van der Waals surface area contributed by atoms with Crippen LogP contribution in [0, 0.1) is 5.41 Å². The summed E-state index contributed by atoms with van der Waals surface area (Å²) in [5, 5.41) is 12.6. The molecule has 102 valence electrons. The van der Waals surface area contributed by atoms with Crippen molar-refractivity contribution < 1.29 is 5.11 Å². The van der Waals surface area contributed by atoms with Crippen LogP contribution in [0.2, 0.25) is 0 Å². The quantitative estimate of drug-likeness (QED) is 0.742. The van der Waals surface area contributed by atoms with Crippen LogP contribution in [0.1, 0.15) is 39.2 Å². The summed E-state index contributed by atoms with van der Waals surface area (Å²) in [5.74, 6) is 0. The SMILES string of the molecule is CC(CCc1ccccc1)NCC(C)(C)CCO. The summed E-state index contributed by atoms with van der Waals surface area (Å²) < 4.78 is 0. The van der Waals surface area contributed by atoms with E-state index in [-0.39, 0.29) is 12.0 Å². The maximum atomic E-state index is 8.99. The zero-order valence-electron chi connectivity index (χ0n) is 11.9. The molecule has 1 unspecified atom stereocenters. The van der Waals surface area contributed by atoms with Crippen LogP contribution in [-0.2, 0) is 6.42 Å². The van der Waals surface area contributed by atoms with Gasteiger partial charge in [-0.15, -0.1) is 0 Å². The fourth-order valence-corrected chi connectivity index (χ4v) is 1.97. The van der Waals surface area contributed by atoms with Gasteiger partial charge in [0.2, 0.25) is 0 Å². The van der Waals surface area contributed by atoms with Gasteiger partial charge in [-0.2, -0.15) is 0 Å². The van der Waals surface area contributed by atoms with Crippen LogP contribution in [0.5, 0.6) is 0 Å². The van der Waals surface area contributed by atoms with E-state index in [2.05, 4.69) is 56.4 Å². The number of hydrogen-bond acceptors (Lipinski definition) is 2. The molecule has 0 aliphatic rings. The molecule has 1 aromatic carbocycles. The summed E-state index contributed by atoms with van der Waals surface area (Å²) in [5.41, 5.74) is 1.58. The standard InChI is InChI=1S/C16H27NO/c1-14(17-13-16(2,3)11-12-18)9-10-15-7-5-4-6-8-15/h4-8,14,17-18H,9-13H2,1-3H3. The highest BCUT2D eigenvalue weighted by atomic mass is 16.3. The second-order valence-electron chi connectivity index (χ2n) is 5.94. The van der Waals surface area contributed by atoms with Crippen molar-refractivity contribution in [2.45, 2.75) is 46.1 Å². The Kier molecular flexibility index (Phi) is 6.37. The highest BCUT2D eigenvalue weighted by molar-refractivity contribution is 5.14. The van der Waals surface area contributed by atoms with E-state index in [1.807, 2.05) is 0 Å². The van der Waals surface area contributed by atoms with Gasteiger partial charge in [-0.1, -0.05) is 44.2 Å². The second kappa shape index (κ2) is 7.55. The molecule has 1 aromatic rings. The predicted molar refractivity (Wildman–Crippen MR) is 77.7 cm³/mol. The third-order valence-corrected chi connectivity index (χ3v) is 3.43. The average Bonchev–Trinajstić information content (AvgIpc) is 2.35. The normalized spacial score (nSPS) is 13.6. The Bertz CT molecular complexity index is 321. The van der Waals surface area contributed by atoms with E-state index in [1.165, 1.54) is 5.56 Å². The first kappa shape index (κ1) is 15.2. The molecule has 0 aliphatic heterocycles. The Balaban J connectivity index is 2.24. The summed E-state index contributed by atoms with van der Waals surface area (Å²) in [7, 11) is 0. The van der Waals surface area contributed by atoms with Crippen molar-refractivity contribution in [3.05, 3.63) is 35.9 Å². The molecule has 0 aromatic heterocycles. The minimum absolute atomic E-state index is 0.176. The molecule has 0 fully saturated rings. The summed E-state index contributed by atoms with van der Waals surface area (Å²) in [6.07, 6.45) is 3.13. The summed E-state index contributed by atoms with van der Waals surface area (Å²) >= 11 is 0. The number of nitrogens with one attached hydrogen (secondary N) is 1. The number of aryl methyl sites for hydroxylation is 1. The number of aliphatic hydroxyl groups excluding tert-OH is 1. The van der Waals surface area contributed by atoms with Crippen molar-refractivity contribution in [2.24, 2.45) is 5.41 Å². The average molecular weight is 249 g/mol. The lowest BCUT2D eigenvalue weighted by atomic mass is 9.89. The first-order chi connectivity index (χ1) is 8.53. The van der Waals surface area contributed by atoms with Gasteiger partial charge in [0.25, 0.3) is 0 Å². The smallest absolute Gasteiger partial charge is 0.0436 e. The summed E-state index contributed by atoms with van der Waals surface area (Å²) in [4.78, 5) is 0. The van der Waals surface area contributed by atoms with E-state index in [9.17, 15) is 0 Å². The van der Waals surface area contributed by atoms with Gasteiger partial charge in [-0.05, 0) is 37.2 Å². The molecular formula is C16H27NO. The molecule has 0 heterocycles. The fraction of sp³-hybridized carbons (Fsp3) is 0.625. The first-order valence-corrected chi connectivity index (χ1v) is 6.92. The van der Waals surface area contributed by atoms with Gasteiger partial charge in [-0.25, -0.2) is 0 Å². The van der Waals surface area contributed by atoms with Crippen LogP contribution < -0.4 is 5.32 Å². The van der Waals surface area contributed by atoms with E-state index >= 15 is 0 Å². The van der Waals surface area contributed by atoms with Crippen molar-refractivity contribution in [2.75, 3.05) is 13.2 Å². The van der Waals surface area contributed by atoms with Gasteiger partial charge in [0.1, 0.15) is 0 Å². The molecule has 0 saturated carbocycles. The number of rotatable bonds is 8. The molecule has 0 radical (unpaired) electrons. The lowest BCUT2D eigenvalue weighted by Crippen LogP contribution is -2.36. The molecule has 0 bridgehead atoms. The van der Waals surface area contributed by atoms with Crippen molar-refractivity contribution in [3.63, 3.8) is 0 Å². The molecule has 0 amide bonds. The van der Waals surface area contributed by atoms with Crippen LogP contribution in [0.3, 0.4) is 0 Å². The number of hydrogen-bond donors (Lipinski definition) is 2. The van der Waals surface area contributed by atoms with Crippen molar-refractivity contribution in [3.8, 4) is 0 Å². The maximum absolute atomic E-state index is 8.99. The number of aliphatic hydroxyl groups is 1. The topological polar surface area (TPSA) is 32.3 Å². The highest BCUT2D eigenvalue weighted by Crippen LogP contribution is 2.18. The van der Waals surface area contributed by atoms with Crippen molar-refractivity contribution in [1.29, 1.82) is 0 Å². The summed E-state index contributed by atoms with van der Waals surface area (Å²) in [6.45, 7) is 7.86. The minimum Gasteiger partial charge on any atom is -0.396 e. The zero-order valence-corrected chi connectivity index (χ0v) is 11.9. The predicted octanol–water partition coefficient (Wildman–Crippen LogP) is 3.01. The minimum atomic E-state index is 0.176. The lowest BCUT2D eigenvalue weighted by Gasteiger charge is -2.26. The third kappa shape index (κ3) is 6.18. The maximum Gasteiger partial charge on any atom is 0.0436 e. The second-order valence-corrected chi connectivity index (χ2v) is 5.94. The number of benzene rings is 1. The molecule has 1 atom stereocenters. The van der Waals surface area contributed by atoms with Gasteiger partial charge < -0.3 is 10.4 Å². The van der Waals surface area contributed by atoms with Gasteiger partial charge in [-0.3, -0.25) is 0 Å². The van der Waals surface area contributed by atoms with Crippen molar-refractivity contribution >= 4 is 0 Å². The van der Waals surface area contributed by atoms with E-state index in [1.54, 1.807) is 0 Å². The van der Waals surface area contributed by atoms with E-state index in [4.69, 9.17) is 5.11 Å². The van der Waals surface area contributed by atoms with Crippen LogP contribution in [0.25, 0.3) is 0 Å². The van der Waals surface area contributed by atoms with Gasteiger partial charge >= 0.3 is 0 Å². The molecule has 2 N–H and O–H groups in total. The fourth-order valence-electron chi connectivity index (χ4n) is 1.97. The molecule has 0 aliphatic carbocycles. The summed E-state index contributed by atoms with van der Waals surface area (Å²) in [6, 6.07) is 11.1. The van der Waals surface area contributed by atoms with Gasteiger partial charge in [0, 0.05) is 19.2 Å². The molecule has 18 heavy (non-hydrogen) atoms. The van der Waals surface area contributed by atoms with Crippen LogP contribution >= 0.6 is 0 Å². The van der Waals surface area contributed by atoms with Crippen LogP contribution in [0.15, 0.2) is 30.3 Å². The Hall–Kier alpha value is -0.860. The van der Waals surface area contributed by atoms with E-state index in [0.717, 1.165) is 25.8 Å². The van der Waals surface area contributed by atoms with E-state index in [0.29, 0.717) is 6.04 Å². The highest BCUT2D eigenvalue weighted by Gasteiger charge is 2.17. The lowest BCUT2D eigenvalue weighted by molar-refractivity contribution is 0.203. The molecule has 0 spiro atoms. The molecular weight excluding hydrogens is 222 g/mol. The molecule has 0 saturated heterocycles.